The number of hydrogen-bond donors (Lipinski definition) is 0. The Balaban J connectivity index is 1.29. The van der Waals surface area contributed by atoms with Crippen molar-refractivity contribution in [1.82, 2.24) is 19.7 Å². The monoisotopic (exact) mass is 414 g/mol. The Hall–Kier alpha value is -1.66. The first-order valence-electron chi connectivity index (χ1n) is 12.0. The summed E-state index contributed by atoms with van der Waals surface area (Å²) in [4.78, 5) is 24.6. The molecule has 166 valence electrons. The highest BCUT2D eigenvalue weighted by molar-refractivity contribution is 5.94. The van der Waals surface area contributed by atoms with Gasteiger partial charge in [-0.15, -0.1) is 0 Å². The Morgan fingerprint density at radius 1 is 0.967 bits per heavy atom. The molecular formula is C24H38N4O2. The van der Waals surface area contributed by atoms with E-state index >= 15 is 0 Å². The van der Waals surface area contributed by atoms with Crippen LogP contribution in [0.4, 0.5) is 0 Å². The van der Waals surface area contributed by atoms with Gasteiger partial charge in [0.2, 0.25) is 5.88 Å². The fraction of sp³-hybridized carbons (Fsp3) is 0.750. The third-order valence-electron chi connectivity index (χ3n) is 7.12. The van der Waals surface area contributed by atoms with Crippen molar-refractivity contribution in [1.29, 1.82) is 0 Å². The molecule has 30 heavy (non-hydrogen) atoms. The van der Waals surface area contributed by atoms with Crippen molar-refractivity contribution in [2.75, 3.05) is 39.3 Å². The Labute approximate surface area is 181 Å². The number of ether oxygens (including phenoxy) is 1. The van der Waals surface area contributed by atoms with E-state index in [1.807, 2.05) is 17.0 Å². The summed E-state index contributed by atoms with van der Waals surface area (Å²) in [5.74, 6) is 0.744. The molecule has 1 unspecified atom stereocenters. The number of aromatic nitrogens is 1. The van der Waals surface area contributed by atoms with Crippen LogP contribution in [0.3, 0.4) is 0 Å². The van der Waals surface area contributed by atoms with Crippen molar-refractivity contribution in [3.8, 4) is 5.88 Å². The minimum Gasteiger partial charge on any atom is -0.474 e. The molecule has 2 aliphatic heterocycles. The highest BCUT2D eigenvalue weighted by atomic mass is 16.5. The van der Waals surface area contributed by atoms with Gasteiger partial charge in [0.25, 0.3) is 5.91 Å². The highest BCUT2D eigenvalue weighted by Crippen LogP contribution is 2.26. The molecule has 1 aliphatic carbocycles. The summed E-state index contributed by atoms with van der Waals surface area (Å²) in [6, 6.07) is 5.11. The first kappa shape index (κ1) is 21.6. The number of amides is 1. The van der Waals surface area contributed by atoms with E-state index in [0.717, 1.165) is 71.0 Å². The lowest BCUT2D eigenvalue weighted by atomic mass is 9.91. The fourth-order valence-electron chi connectivity index (χ4n) is 4.91. The van der Waals surface area contributed by atoms with Crippen molar-refractivity contribution < 1.29 is 9.53 Å². The van der Waals surface area contributed by atoms with Crippen molar-refractivity contribution in [3.05, 3.63) is 23.9 Å². The molecule has 3 fully saturated rings. The highest BCUT2D eigenvalue weighted by Gasteiger charge is 2.28. The summed E-state index contributed by atoms with van der Waals surface area (Å²) in [5.41, 5.74) is 0.672. The molecule has 3 heterocycles. The molecule has 6 nitrogen and oxygen atoms in total. The van der Waals surface area contributed by atoms with Gasteiger partial charge in [0, 0.05) is 57.1 Å². The quantitative estimate of drug-likeness (QED) is 0.739. The van der Waals surface area contributed by atoms with Crippen LogP contribution in [0.1, 0.15) is 69.2 Å². The van der Waals surface area contributed by atoms with Crippen LogP contribution in [0.2, 0.25) is 0 Å². The molecule has 1 amide bonds. The third-order valence-corrected chi connectivity index (χ3v) is 7.12. The maximum atomic E-state index is 13.0. The van der Waals surface area contributed by atoms with Crippen molar-refractivity contribution in [3.63, 3.8) is 0 Å². The first-order chi connectivity index (χ1) is 14.6. The lowest BCUT2D eigenvalue weighted by Crippen LogP contribution is -2.42. The van der Waals surface area contributed by atoms with E-state index in [-0.39, 0.29) is 12.0 Å². The van der Waals surface area contributed by atoms with E-state index in [1.165, 1.54) is 19.3 Å². The fourth-order valence-corrected chi connectivity index (χ4v) is 4.91. The van der Waals surface area contributed by atoms with Gasteiger partial charge in [-0.2, -0.15) is 0 Å². The molecule has 2 saturated heterocycles. The van der Waals surface area contributed by atoms with Gasteiger partial charge in [0.05, 0.1) is 5.56 Å². The van der Waals surface area contributed by atoms with Gasteiger partial charge in [-0.05, 0) is 65.0 Å². The standard InChI is InChI=1S/C24H38N4O2/c1-19(2)26-12-4-8-22(11-15-26)30-23-10-9-20(18-25-23)24(29)28-14-5-13-27(16-17-28)21-6-3-7-21/h9-10,18-19,21-22H,3-8,11-17H2,1-2H3. The molecule has 0 spiro atoms. The van der Waals surface area contributed by atoms with E-state index in [2.05, 4.69) is 28.6 Å². The maximum Gasteiger partial charge on any atom is 0.255 e. The Bertz CT molecular complexity index is 689. The molecule has 6 heteroatoms. The molecular weight excluding hydrogens is 376 g/mol. The summed E-state index contributed by atoms with van der Waals surface area (Å²) >= 11 is 0. The topological polar surface area (TPSA) is 48.9 Å². The van der Waals surface area contributed by atoms with E-state index in [9.17, 15) is 4.79 Å². The predicted molar refractivity (Wildman–Crippen MR) is 119 cm³/mol. The van der Waals surface area contributed by atoms with Crippen LogP contribution in [-0.2, 0) is 0 Å². The van der Waals surface area contributed by atoms with Crippen LogP contribution in [0, 0.1) is 0 Å². The van der Waals surface area contributed by atoms with E-state index in [4.69, 9.17) is 4.74 Å². The summed E-state index contributed by atoms with van der Waals surface area (Å²) < 4.78 is 6.15. The van der Waals surface area contributed by atoms with Crippen molar-refractivity contribution in [2.24, 2.45) is 0 Å². The van der Waals surface area contributed by atoms with Crippen LogP contribution < -0.4 is 4.74 Å². The zero-order valence-corrected chi connectivity index (χ0v) is 18.8. The molecule has 0 radical (unpaired) electrons. The second-order valence-corrected chi connectivity index (χ2v) is 9.45. The van der Waals surface area contributed by atoms with Gasteiger partial charge in [-0.25, -0.2) is 4.98 Å². The Kier molecular flexibility index (Phi) is 7.26. The molecule has 0 bridgehead atoms. The second kappa shape index (κ2) is 10.1. The zero-order chi connectivity index (χ0) is 20.9. The minimum atomic E-state index is 0.103. The molecule has 1 atom stereocenters. The zero-order valence-electron chi connectivity index (χ0n) is 18.8. The summed E-state index contributed by atoms with van der Waals surface area (Å²) in [6.45, 7) is 10.5. The number of carbonyl (C=O) groups is 1. The van der Waals surface area contributed by atoms with Gasteiger partial charge >= 0.3 is 0 Å². The lowest BCUT2D eigenvalue weighted by molar-refractivity contribution is 0.0749. The van der Waals surface area contributed by atoms with E-state index in [0.29, 0.717) is 17.5 Å². The lowest BCUT2D eigenvalue weighted by Gasteiger charge is -2.36. The van der Waals surface area contributed by atoms with E-state index < -0.39 is 0 Å². The molecule has 0 aromatic carbocycles. The van der Waals surface area contributed by atoms with Crippen LogP contribution in [0.5, 0.6) is 5.88 Å². The van der Waals surface area contributed by atoms with Gasteiger partial charge in [0.15, 0.2) is 0 Å². The number of carbonyl (C=O) groups excluding carboxylic acids is 1. The normalized spacial score (nSPS) is 24.9. The molecule has 0 N–H and O–H groups in total. The van der Waals surface area contributed by atoms with Crippen molar-refractivity contribution in [2.45, 2.75) is 77.0 Å². The van der Waals surface area contributed by atoms with Crippen LogP contribution in [0.15, 0.2) is 18.3 Å². The van der Waals surface area contributed by atoms with Gasteiger partial charge < -0.3 is 14.5 Å². The van der Waals surface area contributed by atoms with Crippen LogP contribution in [0.25, 0.3) is 0 Å². The smallest absolute Gasteiger partial charge is 0.255 e. The second-order valence-electron chi connectivity index (χ2n) is 9.45. The molecule has 1 aromatic rings. The average molecular weight is 415 g/mol. The number of nitrogens with zero attached hydrogens (tertiary/aromatic N) is 4. The largest absolute Gasteiger partial charge is 0.474 e. The number of likely N-dealkylation sites (tertiary alicyclic amines) is 1. The maximum absolute atomic E-state index is 13.0. The number of hydrogen-bond acceptors (Lipinski definition) is 5. The van der Waals surface area contributed by atoms with Crippen LogP contribution >= 0.6 is 0 Å². The van der Waals surface area contributed by atoms with Gasteiger partial charge in [-0.3, -0.25) is 9.69 Å². The third kappa shape index (κ3) is 5.33. The van der Waals surface area contributed by atoms with Gasteiger partial charge in [0.1, 0.15) is 6.10 Å². The Morgan fingerprint density at radius 3 is 2.53 bits per heavy atom. The molecule has 1 saturated carbocycles. The molecule has 3 aliphatic rings. The SMILES string of the molecule is CC(C)N1CCCC(Oc2ccc(C(=O)N3CCCN(C4CCC4)CC3)cn2)CC1. The summed E-state index contributed by atoms with van der Waals surface area (Å²) in [7, 11) is 0. The predicted octanol–water partition coefficient (Wildman–Crippen LogP) is 3.42. The molecule has 4 rings (SSSR count). The van der Waals surface area contributed by atoms with Crippen molar-refractivity contribution >= 4 is 5.91 Å². The van der Waals surface area contributed by atoms with E-state index in [1.54, 1.807) is 6.20 Å². The minimum absolute atomic E-state index is 0.103. The van der Waals surface area contributed by atoms with Crippen LogP contribution in [-0.4, -0.2) is 83.0 Å². The number of rotatable bonds is 5. The summed E-state index contributed by atoms with van der Waals surface area (Å²) in [5, 5.41) is 0. The number of pyridine rings is 1. The molecule has 1 aromatic heterocycles. The van der Waals surface area contributed by atoms with Gasteiger partial charge in [-0.1, -0.05) is 6.42 Å². The summed E-state index contributed by atoms with van der Waals surface area (Å²) in [6.07, 6.45) is 10.3. The first-order valence-corrected chi connectivity index (χ1v) is 12.0. The average Bonchev–Trinajstić information content (AvgIpc) is 3.08. The Morgan fingerprint density at radius 2 is 1.83 bits per heavy atom.